The van der Waals surface area contributed by atoms with Crippen molar-refractivity contribution in [1.29, 1.82) is 0 Å². The molecule has 0 atom stereocenters. The summed E-state index contributed by atoms with van der Waals surface area (Å²) >= 11 is 0. The first kappa shape index (κ1) is 24.0. The molecule has 0 aliphatic rings. The molecule has 0 spiro atoms. The van der Waals surface area contributed by atoms with Gasteiger partial charge in [0.05, 0.1) is 0 Å². The zero-order valence-corrected chi connectivity index (χ0v) is 17.9. The molecule has 2 rings (SSSR count). The fraction of sp³-hybridized carbons (Fsp3) is 0.391. The van der Waals surface area contributed by atoms with Crippen LogP contribution in [0, 0.1) is 0 Å². The number of nitrogens with one attached hydrogen (secondary N) is 3. The smallest absolute Gasteiger partial charge is 0.309 e. The van der Waals surface area contributed by atoms with Crippen molar-refractivity contribution in [2.45, 2.75) is 32.1 Å². The van der Waals surface area contributed by atoms with Gasteiger partial charge in [0, 0.05) is 26.4 Å². The number of likely N-dealkylation sites (N-methyl/N-ethyl adjacent to an activating group) is 1. The minimum absolute atomic E-state index is 0.00000454. The van der Waals surface area contributed by atoms with Gasteiger partial charge in [-0.1, -0.05) is 30.3 Å². The number of pyridine rings is 1. The summed E-state index contributed by atoms with van der Waals surface area (Å²) in [4.78, 5) is 38.4. The molecule has 8 heteroatoms. The molecule has 31 heavy (non-hydrogen) atoms. The zero-order chi connectivity index (χ0) is 22.3. The van der Waals surface area contributed by atoms with Crippen molar-refractivity contribution < 1.29 is 19.1 Å². The van der Waals surface area contributed by atoms with Crippen LogP contribution in [0.2, 0.25) is 0 Å². The molecule has 3 amide bonds. The Morgan fingerprint density at radius 2 is 1.61 bits per heavy atom. The van der Waals surface area contributed by atoms with E-state index in [2.05, 4.69) is 33.1 Å². The molecule has 8 nitrogen and oxygen atoms in total. The summed E-state index contributed by atoms with van der Waals surface area (Å²) in [6.45, 7) is 0.971. The van der Waals surface area contributed by atoms with E-state index in [1.165, 1.54) is 18.2 Å². The molecule has 3 N–H and O–H groups in total. The van der Waals surface area contributed by atoms with Crippen LogP contribution in [-0.2, 0) is 32.0 Å². The van der Waals surface area contributed by atoms with Gasteiger partial charge in [0.25, 0.3) is 5.91 Å². The summed E-state index contributed by atoms with van der Waals surface area (Å²) in [6, 6.07) is 13.6. The normalized spacial score (nSPS) is 10.4. The van der Waals surface area contributed by atoms with Crippen molar-refractivity contribution in [2.75, 3.05) is 32.1 Å². The SMILES string of the molecule is CNC(=O)C(=O)NCCCCc1ccccc1CCCOCC(=O)Nc1ccccn1. The second-order valence-corrected chi connectivity index (χ2v) is 6.98. The van der Waals surface area contributed by atoms with Crippen molar-refractivity contribution in [3.63, 3.8) is 0 Å². The van der Waals surface area contributed by atoms with Crippen LogP contribution >= 0.6 is 0 Å². The molecular weight excluding hydrogens is 396 g/mol. The van der Waals surface area contributed by atoms with E-state index in [4.69, 9.17) is 4.74 Å². The number of unbranched alkanes of at least 4 members (excludes halogenated alkanes) is 1. The number of anilines is 1. The lowest BCUT2D eigenvalue weighted by Crippen LogP contribution is -2.38. The van der Waals surface area contributed by atoms with Gasteiger partial charge in [-0.3, -0.25) is 14.4 Å². The van der Waals surface area contributed by atoms with E-state index >= 15 is 0 Å². The summed E-state index contributed by atoms with van der Waals surface area (Å²) in [5.41, 5.74) is 2.53. The molecular formula is C23H30N4O4. The number of carbonyl (C=O) groups is 3. The van der Waals surface area contributed by atoms with Gasteiger partial charge in [-0.2, -0.15) is 0 Å². The third-order valence-electron chi connectivity index (χ3n) is 4.61. The number of ether oxygens (including phenoxy) is 1. The number of benzene rings is 1. The lowest BCUT2D eigenvalue weighted by atomic mass is 9.98. The largest absolute Gasteiger partial charge is 0.372 e. The zero-order valence-electron chi connectivity index (χ0n) is 17.9. The highest BCUT2D eigenvalue weighted by Gasteiger charge is 2.09. The van der Waals surface area contributed by atoms with E-state index in [-0.39, 0.29) is 12.5 Å². The van der Waals surface area contributed by atoms with E-state index < -0.39 is 11.8 Å². The molecule has 0 aliphatic heterocycles. The van der Waals surface area contributed by atoms with Gasteiger partial charge in [0.15, 0.2) is 0 Å². The maximum Gasteiger partial charge on any atom is 0.309 e. The van der Waals surface area contributed by atoms with Crippen LogP contribution in [-0.4, -0.2) is 49.5 Å². The van der Waals surface area contributed by atoms with Crippen LogP contribution < -0.4 is 16.0 Å². The first-order chi connectivity index (χ1) is 15.1. The third kappa shape index (κ3) is 9.39. The molecule has 0 saturated carbocycles. The van der Waals surface area contributed by atoms with Gasteiger partial charge in [0.1, 0.15) is 12.4 Å². The molecule has 0 saturated heterocycles. The van der Waals surface area contributed by atoms with E-state index in [1.54, 1.807) is 18.3 Å². The molecule has 1 aromatic heterocycles. The summed E-state index contributed by atoms with van der Waals surface area (Å²) < 4.78 is 5.48. The van der Waals surface area contributed by atoms with E-state index in [1.807, 2.05) is 18.2 Å². The first-order valence-corrected chi connectivity index (χ1v) is 10.5. The lowest BCUT2D eigenvalue weighted by molar-refractivity contribution is -0.138. The number of aromatic nitrogens is 1. The summed E-state index contributed by atoms with van der Waals surface area (Å²) in [5.74, 6) is -0.931. The number of hydrogen-bond donors (Lipinski definition) is 3. The molecule has 166 valence electrons. The second-order valence-electron chi connectivity index (χ2n) is 6.98. The highest BCUT2D eigenvalue weighted by molar-refractivity contribution is 6.34. The van der Waals surface area contributed by atoms with Crippen LogP contribution in [0.15, 0.2) is 48.7 Å². The monoisotopic (exact) mass is 426 g/mol. The predicted molar refractivity (Wildman–Crippen MR) is 118 cm³/mol. The van der Waals surface area contributed by atoms with Crippen LogP contribution in [0.4, 0.5) is 5.82 Å². The van der Waals surface area contributed by atoms with Gasteiger partial charge in [-0.25, -0.2) is 4.98 Å². The Labute approximate surface area is 182 Å². The van der Waals surface area contributed by atoms with Crippen molar-refractivity contribution in [3.05, 3.63) is 59.8 Å². The summed E-state index contributed by atoms with van der Waals surface area (Å²) in [7, 11) is 1.43. The minimum Gasteiger partial charge on any atom is -0.372 e. The predicted octanol–water partition coefficient (Wildman–Crippen LogP) is 1.85. The fourth-order valence-corrected chi connectivity index (χ4v) is 3.03. The number of amides is 3. The number of hydrogen-bond acceptors (Lipinski definition) is 5. The summed E-state index contributed by atoms with van der Waals surface area (Å²) in [5, 5.41) is 7.59. The molecule has 0 fully saturated rings. The molecule has 1 aromatic carbocycles. The minimum atomic E-state index is -0.623. The average Bonchev–Trinajstić information content (AvgIpc) is 2.79. The van der Waals surface area contributed by atoms with Crippen molar-refractivity contribution in [2.24, 2.45) is 0 Å². The first-order valence-electron chi connectivity index (χ1n) is 10.5. The van der Waals surface area contributed by atoms with E-state index in [9.17, 15) is 14.4 Å². The molecule has 2 aromatic rings. The van der Waals surface area contributed by atoms with Crippen molar-refractivity contribution >= 4 is 23.5 Å². The van der Waals surface area contributed by atoms with Crippen LogP contribution in [0.1, 0.15) is 30.4 Å². The molecule has 0 unspecified atom stereocenters. The second kappa shape index (κ2) is 13.9. The molecule has 0 aliphatic carbocycles. The Morgan fingerprint density at radius 1 is 0.903 bits per heavy atom. The van der Waals surface area contributed by atoms with Crippen molar-refractivity contribution in [3.8, 4) is 0 Å². The highest BCUT2D eigenvalue weighted by atomic mass is 16.5. The van der Waals surface area contributed by atoms with Crippen LogP contribution in [0.5, 0.6) is 0 Å². The fourth-order valence-electron chi connectivity index (χ4n) is 3.03. The number of aryl methyl sites for hydroxylation is 2. The van der Waals surface area contributed by atoms with Crippen LogP contribution in [0.3, 0.4) is 0 Å². The van der Waals surface area contributed by atoms with Gasteiger partial charge >= 0.3 is 11.8 Å². The Bertz CT molecular complexity index is 842. The average molecular weight is 427 g/mol. The quantitative estimate of drug-likeness (QED) is 0.355. The molecule has 1 heterocycles. The Balaban J connectivity index is 1.62. The molecule has 0 bridgehead atoms. The van der Waals surface area contributed by atoms with Crippen LogP contribution in [0.25, 0.3) is 0 Å². The van der Waals surface area contributed by atoms with Gasteiger partial charge in [-0.15, -0.1) is 0 Å². The van der Waals surface area contributed by atoms with Gasteiger partial charge in [0.2, 0.25) is 0 Å². The third-order valence-corrected chi connectivity index (χ3v) is 4.61. The Kier molecular flexibility index (Phi) is 10.7. The number of carbonyl (C=O) groups excluding carboxylic acids is 3. The van der Waals surface area contributed by atoms with Gasteiger partial charge < -0.3 is 20.7 Å². The Hall–Kier alpha value is -3.26. The van der Waals surface area contributed by atoms with E-state index in [0.29, 0.717) is 19.0 Å². The number of rotatable bonds is 12. The Morgan fingerprint density at radius 3 is 2.29 bits per heavy atom. The maximum absolute atomic E-state index is 11.8. The summed E-state index contributed by atoms with van der Waals surface area (Å²) in [6.07, 6.45) is 5.91. The molecule has 0 radical (unpaired) electrons. The lowest BCUT2D eigenvalue weighted by Gasteiger charge is -2.10. The van der Waals surface area contributed by atoms with Crippen molar-refractivity contribution in [1.82, 2.24) is 15.6 Å². The van der Waals surface area contributed by atoms with E-state index in [0.717, 1.165) is 32.1 Å². The standard InChI is InChI=1S/C23H30N4O4/c1-24-22(29)23(30)26-15-6-4-11-18-9-2-3-10-19(18)12-8-16-31-17-21(28)27-20-13-5-7-14-25-20/h2-3,5,7,9-10,13-14H,4,6,8,11-12,15-17H2,1H3,(H,24,29)(H,26,30)(H,25,27,28). The topological polar surface area (TPSA) is 109 Å². The van der Waals surface area contributed by atoms with Gasteiger partial charge in [-0.05, 0) is 55.4 Å². The highest BCUT2D eigenvalue weighted by Crippen LogP contribution is 2.14. The maximum atomic E-state index is 11.8. The number of nitrogens with zero attached hydrogens (tertiary/aromatic N) is 1.